The summed E-state index contributed by atoms with van der Waals surface area (Å²) in [5.41, 5.74) is 3.04. The van der Waals surface area contributed by atoms with Gasteiger partial charge in [-0.1, -0.05) is 18.7 Å². The molecule has 170 valence electrons. The van der Waals surface area contributed by atoms with Gasteiger partial charge < -0.3 is 40.0 Å². The van der Waals surface area contributed by atoms with E-state index in [1.54, 1.807) is 25.3 Å². The van der Waals surface area contributed by atoms with Crippen LogP contribution in [0.3, 0.4) is 0 Å². The van der Waals surface area contributed by atoms with Crippen LogP contribution in [0.5, 0.6) is 11.5 Å². The summed E-state index contributed by atoms with van der Waals surface area (Å²) in [6.07, 6.45) is -5.45. The summed E-state index contributed by atoms with van der Waals surface area (Å²) in [6, 6.07) is 10.7. The van der Waals surface area contributed by atoms with Crippen LogP contribution in [0.1, 0.15) is 22.8 Å². The second-order valence-electron chi connectivity index (χ2n) is 7.83. The number of carbonyl (C=O) groups is 1. The van der Waals surface area contributed by atoms with Crippen molar-refractivity contribution in [3.63, 3.8) is 0 Å². The number of ether oxygens (including phenoxy) is 3. The summed E-state index contributed by atoms with van der Waals surface area (Å²) in [5, 5.41) is 42.6. The van der Waals surface area contributed by atoms with Crippen molar-refractivity contribution in [2.24, 2.45) is 0 Å². The van der Waals surface area contributed by atoms with E-state index in [1.165, 1.54) is 0 Å². The molecule has 2 aromatic rings. The number of hydrogen-bond donors (Lipinski definition) is 5. The van der Waals surface area contributed by atoms with Gasteiger partial charge in [0.2, 0.25) is 6.10 Å². The smallest absolute Gasteiger partial charge is 0.346 e. The molecule has 0 aliphatic carbocycles. The van der Waals surface area contributed by atoms with E-state index in [0.29, 0.717) is 29.2 Å². The van der Waals surface area contributed by atoms with Crippen molar-refractivity contribution in [3.8, 4) is 11.5 Å². The number of rotatable bonds is 5. The lowest BCUT2D eigenvalue weighted by molar-refractivity contribution is -0.157. The monoisotopic (exact) mass is 443 g/mol. The van der Waals surface area contributed by atoms with E-state index in [9.17, 15) is 20.1 Å². The van der Waals surface area contributed by atoms with E-state index in [4.69, 9.17) is 19.3 Å². The van der Waals surface area contributed by atoms with E-state index >= 15 is 0 Å². The van der Waals surface area contributed by atoms with Gasteiger partial charge in [0.05, 0.1) is 19.3 Å². The molecule has 1 saturated heterocycles. The summed E-state index contributed by atoms with van der Waals surface area (Å²) in [4.78, 5) is 11.1. The molecule has 9 nitrogen and oxygen atoms in total. The molecule has 5 atom stereocenters. The third-order valence-corrected chi connectivity index (χ3v) is 5.69. The van der Waals surface area contributed by atoms with E-state index in [-0.39, 0.29) is 12.3 Å². The highest BCUT2D eigenvalue weighted by Crippen LogP contribution is 2.36. The first-order valence-corrected chi connectivity index (χ1v) is 10.1. The molecule has 1 fully saturated rings. The highest BCUT2D eigenvalue weighted by atomic mass is 16.5. The molecule has 4 rings (SSSR count). The zero-order valence-electron chi connectivity index (χ0n) is 17.4. The van der Waals surface area contributed by atoms with Crippen molar-refractivity contribution in [1.29, 1.82) is 0 Å². The minimum absolute atomic E-state index is 0.00871. The Balaban J connectivity index is 1.59. The van der Waals surface area contributed by atoms with Crippen molar-refractivity contribution >= 4 is 11.7 Å². The van der Waals surface area contributed by atoms with Gasteiger partial charge in [0.25, 0.3) is 0 Å². The maximum Gasteiger partial charge on any atom is 0.346 e. The Morgan fingerprint density at radius 1 is 1.16 bits per heavy atom. The fourth-order valence-corrected chi connectivity index (χ4v) is 3.92. The number of nitrogens with one attached hydrogen (secondary N) is 1. The molecule has 32 heavy (non-hydrogen) atoms. The second-order valence-corrected chi connectivity index (χ2v) is 7.83. The van der Waals surface area contributed by atoms with Gasteiger partial charge in [0.1, 0.15) is 35.6 Å². The van der Waals surface area contributed by atoms with Gasteiger partial charge in [-0.05, 0) is 41.0 Å². The van der Waals surface area contributed by atoms with Crippen molar-refractivity contribution in [1.82, 2.24) is 0 Å². The first-order valence-electron chi connectivity index (χ1n) is 10.1. The molecule has 0 saturated carbocycles. The number of aliphatic carboxylic acids is 1. The van der Waals surface area contributed by atoms with Gasteiger partial charge in [0, 0.05) is 6.42 Å². The van der Waals surface area contributed by atoms with E-state index in [1.807, 2.05) is 18.2 Å². The zero-order chi connectivity index (χ0) is 23.0. The topological polar surface area (TPSA) is 138 Å². The van der Waals surface area contributed by atoms with E-state index in [2.05, 4.69) is 11.9 Å². The molecule has 0 spiro atoms. The van der Waals surface area contributed by atoms with Crippen LogP contribution in [0.4, 0.5) is 5.69 Å². The summed E-state index contributed by atoms with van der Waals surface area (Å²) in [7, 11) is 1.56. The van der Waals surface area contributed by atoms with Crippen molar-refractivity contribution in [2.75, 3.05) is 19.0 Å². The second kappa shape index (κ2) is 8.70. The van der Waals surface area contributed by atoms with Gasteiger partial charge in [-0.25, -0.2) is 4.79 Å². The van der Waals surface area contributed by atoms with Crippen LogP contribution < -0.4 is 14.8 Å². The Bertz CT molecular complexity index is 1040. The predicted octanol–water partition coefficient (Wildman–Crippen LogP) is 1.21. The molecule has 2 heterocycles. The molecule has 2 aliphatic heterocycles. The number of fused-ring (bicyclic) bond motifs is 1. The molecular formula is C23H25NO8. The fraction of sp³-hybridized carbons (Fsp3) is 0.348. The number of benzene rings is 2. The Hall–Kier alpha value is -3.27. The van der Waals surface area contributed by atoms with Crippen LogP contribution >= 0.6 is 0 Å². The summed E-state index contributed by atoms with van der Waals surface area (Å²) in [5.74, 6) is 0.0658. The standard InChI is InChI=1S/C23H25NO8/c1-11-19(25)20(26)21(27)22(31-11)13-4-6-16(30-2)14(9-13)7-12-3-5-17-15(8-12)24-10-18(32-17)23(28)29/h3-6,8-9,18-22,24-27H,1,7,10H2,2H3,(H,28,29)/t18?,19-,20+,21-,22+/m1/s1. The van der Waals surface area contributed by atoms with Gasteiger partial charge in [-0.2, -0.15) is 0 Å². The van der Waals surface area contributed by atoms with Crippen molar-refractivity contribution in [2.45, 2.75) is 36.9 Å². The molecule has 0 amide bonds. The summed E-state index contributed by atoms with van der Waals surface area (Å²) in [6.45, 7) is 3.78. The Labute approximate surface area is 184 Å². The van der Waals surface area contributed by atoms with Crippen molar-refractivity contribution < 1.29 is 39.4 Å². The number of carboxylic acid groups (broad SMARTS) is 1. The zero-order valence-corrected chi connectivity index (χ0v) is 17.4. The van der Waals surface area contributed by atoms with E-state index in [0.717, 1.165) is 11.1 Å². The third-order valence-electron chi connectivity index (χ3n) is 5.69. The number of aliphatic hydroxyl groups is 3. The highest BCUT2D eigenvalue weighted by molar-refractivity contribution is 5.76. The fourth-order valence-electron chi connectivity index (χ4n) is 3.92. The normalized spacial score (nSPS) is 26.9. The lowest BCUT2D eigenvalue weighted by Gasteiger charge is -2.37. The molecule has 0 bridgehead atoms. The minimum Gasteiger partial charge on any atom is -0.496 e. The molecule has 0 aromatic heterocycles. The largest absolute Gasteiger partial charge is 0.496 e. The van der Waals surface area contributed by atoms with Crippen LogP contribution in [-0.4, -0.2) is 64.5 Å². The molecule has 2 aromatic carbocycles. The number of anilines is 1. The van der Waals surface area contributed by atoms with Gasteiger partial charge >= 0.3 is 5.97 Å². The number of methoxy groups -OCH3 is 1. The number of carboxylic acids is 1. The maximum absolute atomic E-state index is 11.1. The third kappa shape index (κ3) is 4.10. The number of aliphatic hydroxyl groups excluding tert-OH is 3. The van der Waals surface area contributed by atoms with Crippen LogP contribution in [0.2, 0.25) is 0 Å². The predicted molar refractivity (Wildman–Crippen MR) is 114 cm³/mol. The molecule has 9 heteroatoms. The van der Waals surface area contributed by atoms with Gasteiger partial charge in [0.15, 0.2) is 6.10 Å². The quantitative estimate of drug-likeness (QED) is 0.462. The average molecular weight is 443 g/mol. The summed E-state index contributed by atoms with van der Waals surface area (Å²) < 4.78 is 16.6. The lowest BCUT2D eigenvalue weighted by Crippen LogP contribution is -2.47. The van der Waals surface area contributed by atoms with E-state index < -0.39 is 36.5 Å². The average Bonchev–Trinajstić information content (AvgIpc) is 2.79. The summed E-state index contributed by atoms with van der Waals surface area (Å²) >= 11 is 0. The molecule has 0 radical (unpaired) electrons. The van der Waals surface area contributed by atoms with Crippen molar-refractivity contribution in [3.05, 3.63) is 65.4 Å². The van der Waals surface area contributed by atoms with Crippen LogP contribution in [-0.2, 0) is 16.0 Å². The Morgan fingerprint density at radius 3 is 2.66 bits per heavy atom. The lowest BCUT2D eigenvalue weighted by atomic mass is 9.91. The first-order chi connectivity index (χ1) is 15.3. The SMILES string of the molecule is C=C1O[C@@H](c2ccc(OC)c(Cc3ccc4c(c3)NCC(C(=O)O)O4)c2)[C@H](O)[C@@H](O)[C@@H]1O. The molecule has 1 unspecified atom stereocenters. The first kappa shape index (κ1) is 21.9. The minimum atomic E-state index is -1.41. The van der Waals surface area contributed by atoms with Gasteiger partial charge in [-0.3, -0.25) is 0 Å². The highest BCUT2D eigenvalue weighted by Gasteiger charge is 2.41. The molecular weight excluding hydrogens is 418 g/mol. The van der Waals surface area contributed by atoms with Crippen LogP contribution in [0, 0.1) is 0 Å². The maximum atomic E-state index is 11.1. The van der Waals surface area contributed by atoms with Crippen LogP contribution in [0.15, 0.2) is 48.7 Å². The molecule has 2 aliphatic rings. The van der Waals surface area contributed by atoms with Crippen LogP contribution in [0.25, 0.3) is 0 Å². The Morgan fingerprint density at radius 2 is 1.94 bits per heavy atom. The van der Waals surface area contributed by atoms with Gasteiger partial charge in [-0.15, -0.1) is 0 Å². The number of hydrogen-bond acceptors (Lipinski definition) is 8. The Kier molecular flexibility index (Phi) is 5.96. The molecule has 5 N–H and O–H groups in total.